The molecule has 1 aromatic rings. The van der Waals surface area contributed by atoms with Crippen molar-refractivity contribution in [3.8, 4) is 0 Å². The van der Waals surface area contributed by atoms with E-state index in [1.807, 2.05) is 6.07 Å². The molecule has 0 N–H and O–H groups in total. The molecule has 0 aliphatic heterocycles. The van der Waals surface area contributed by atoms with E-state index in [0.29, 0.717) is 12.2 Å². The van der Waals surface area contributed by atoms with E-state index in [0.717, 1.165) is 0 Å². The van der Waals surface area contributed by atoms with Crippen molar-refractivity contribution in [2.45, 2.75) is 19.8 Å². The largest absolute Gasteiger partial charge is 0.466 e. The van der Waals surface area contributed by atoms with E-state index < -0.39 is 0 Å². The summed E-state index contributed by atoms with van der Waals surface area (Å²) in [6, 6.07) is 8.94. The fourth-order valence-corrected chi connectivity index (χ4v) is 1.22. The Morgan fingerprint density at radius 3 is 2.40 bits per heavy atom. The monoisotopic (exact) mass is 206 g/mol. The molecule has 3 heteroatoms. The smallest absolute Gasteiger partial charge is 0.306 e. The average molecular weight is 206 g/mol. The van der Waals surface area contributed by atoms with Gasteiger partial charge in [-0.3, -0.25) is 9.59 Å². The maximum Gasteiger partial charge on any atom is 0.306 e. The van der Waals surface area contributed by atoms with Crippen LogP contribution >= 0.6 is 0 Å². The molecule has 0 spiro atoms. The molecule has 0 aliphatic rings. The molecule has 0 bridgehead atoms. The first-order valence-corrected chi connectivity index (χ1v) is 4.98. The lowest BCUT2D eigenvalue weighted by molar-refractivity contribution is -0.143. The maximum absolute atomic E-state index is 11.5. The first-order valence-electron chi connectivity index (χ1n) is 4.98. The van der Waals surface area contributed by atoms with Crippen molar-refractivity contribution in [3.05, 3.63) is 35.9 Å². The molecule has 1 rings (SSSR count). The number of carbonyl (C=O) groups excluding carboxylic acids is 2. The molecule has 3 nitrogen and oxygen atoms in total. The van der Waals surface area contributed by atoms with Gasteiger partial charge in [-0.2, -0.15) is 0 Å². The Labute approximate surface area is 89.1 Å². The molecule has 0 heterocycles. The zero-order chi connectivity index (χ0) is 11.1. The lowest BCUT2D eigenvalue weighted by Gasteiger charge is -2.01. The molecule has 0 aromatic heterocycles. The molecule has 15 heavy (non-hydrogen) atoms. The third kappa shape index (κ3) is 3.94. The van der Waals surface area contributed by atoms with E-state index in [1.54, 1.807) is 31.2 Å². The van der Waals surface area contributed by atoms with Crippen LogP contribution in [-0.4, -0.2) is 18.4 Å². The van der Waals surface area contributed by atoms with Gasteiger partial charge in [0.05, 0.1) is 13.0 Å². The van der Waals surface area contributed by atoms with Crippen molar-refractivity contribution in [2.24, 2.45) is 0 Å². The Balaban J connectivity index is 2.40. The van der Waals surface area contributed by atoms with Crippen molar-refractivity contribution in [2.75, 3.05) is 6.61 Å². The number of benzene rings is 1. The average Bonchev–Trinajstić information content (AvgIpc) is 2.27. The second-order valence-electron chi connectivity index (χ2n) is 3.09. The molecule has 0 radical (unpaired) electrons. The summed E-state index contributed by atoms with van der Waals surface area (Å²) >= 11 is 0. The number of Topliss-reactive ketones (excluding diaryl/α,β-unsaturated/α-hetero) is 1. The minimum Gasteiger partial charge on any atom is -0.466 e. The van der Waals surface area contributed by atoms with E-state index in [2.05, 4.69) is 0 Å². The summed E-state index contributed by atoms with van der Waals surface area (Å²) in [4.78, 5) is 22.5. The molecule has 1 aromatic carbocycles. The summed E-state index contributed by atoms with van der Waals surface area (Å²) < 4.78 is 4.74. The number of ether oxygens (including phenoxy) is 1. The summed E-state index contributed by atoms with van der Waals surface area (Å²) in [7, 11) is 0. The standard InChI is InChI=1S/C12H14O3/c1-2-15-12(14)9-8-11(13)10-6-4-3-5-7-10/h3-7H,2,8-9H2,1H3. The Morgan fingerprint density at radius 1 is 1.13 bits per heavy atom. The predicted octanol–water partition coefficient (Wildman–Crippen LogP) is 2.21. The van der Waals surface area contributed by atoms with Gasteiger partial charge in [-0.05, 0) is 6.92 Å². The molecule has 0 unspecified atom stereocenters. The van der Waals surface area contributed by atoms with Crippen LogP contribution in [0.15, 0.2) is 30.3 Å². The van der Waals surface area contributed by atoms with Gasteiger partial charge in [0.15, 0.2) is 5.78 Å². The Morgan fingerprint density at radius 2 is 1.80 bits per heavy atom. The SMILES string of the molecule is CCOC(=O)CCC(=O)c1ccccc1. The molecule has 0 amide bonds. The third-order valence-corrected chi connectivity index (χ3v) is 1.96. The molecule has 0 atom stereocenters. The fraction of sp³-hybridized carbons (Fsp3) is 0.333. The van der Waals surface area contributed by atoms with Gasteiger partial charge in [0.2, 0.25) is 0 Å². The quantitative estimate of drug-likeness (QED) is 0.548. The van der Waals surface area contributed by atoms with Crippen LogP contribution in [0, 0.1) is 0 Å². The lowest BCUT2D eigenvalue weighted by atomic mass is 10.1. The molecule has 0 fully saturated rings. The van der Waals surface area contributed by atoms with Gasteiger partial charge in [-0.1, -0.05) is 30.3 Å². The number of esters is 1. The number of hydrogen-bond donors (Lipinski definition) is 0. The van der Waals surface area contributed by atoms with Gasteiger partial charge in [0.25, 0.3) is 0 Å². The van der Waals surface area contributed by atoms with Crippen LogP contribution in [0.2, 0.25) is 0 Å². The maximum atomic E-state index is 11.5. The number of hydrogen-bond acceptors (Lipinski definition) is 3. The first-order chi connectivity index (χ1) is 7.24. The summed E-state index contributed by atoms with van der Waals surface area (Å²) in [5, 5.41) is 0. The van der Waals surface area contributed by atoms with Crippen molar-refractivity contribution in [1.82, 2.24) is 0 Å². The number of carbonyl (C=O) groups is 2. The van der Waals surface area contributed by atoms with Crippen molar-refractivity contribution in [3.63, 3.8) is 0 Å². The van der Waals surface area contributed by atoms with Crippen LogP contribution in [-0.2, 0) is 9.53 Å². The van der Waals surface area contributed by atoms with E-state index in [-0.39, 0.29) is 24.6 Å². The van der Waals surface area contributed by atoms with Crippen LogP contribution in [0.5, 0.6) is 0 Å². The highest BCUT2D eigenvalue weighted by molar-refractivity contribution is 5.97. The predicted molar refractivity (Wildman–Crippen MR) is 56.6 cm³/mol. The van der Waals surface area contributed by atoms with Gasteiger partial charge in [-0.25, -0.2) is 0 Å². The molecule has 0 aliphatic carbocycles. The minimum atomic E-state index is -0.318. The Bertz CT molecular complexity index is 330. The summed E-state index contributed by atoms with van der Waals surface area (Å²) in [5.41, 5.74) is 0.641. The highest BCUT2D eigenvalue weighted by Gasteiger charge is 2.08. The zero-order valence-electron chi connectivity index (χ0n) is 8.73. The van der Waals surface area contributed by atoms with Crippen LogP contribution < -0.4 is 0 Å². The Hall–Kier alpha value is -1.64. The van der Waals surface area contributed by atoms with Crippen LogP contribution in [0.3, 0.4) is 0 Å². The minimum absolute atomic E-state index is 0.0244. The second kappa shape index (κ2) is 5.96. The normalized spacial score (nSPS) is 9.67. The van der Waals surface area contributed by atoms with E-state index in [9.17, 15) is 9.59 Å². The molecule has 0 saturated heterocycles. The second-order valence-corrected chi connectivity index (χ2v) is 3.09. The highest BCUT2D eigenvalue weighted by atomic mass is 16.5. The van der Waals surface area contributed by atoms with Crippen molar-refractivity contribution < 1.29 is 14.3 Å². The van der Waals surface area contributed by atoms with Gasteiger partial charge in [0.1, 0.15) is 0 Å². The molecule has 0 saturated carbocycles. The fourth-order valence-electron chi connectivity index (χ4n) is 1.22. The van der Waals surface area contributed by atoms with Gasteiger partial charge >= 0.3 is 5.97 Å². The summed E-state index contributed by atoms with van der Waals surface area (Å²) in [5.74, 6) is -0.342. The van der Waals surface area contributed by atoms with Crippen molar-refractivity contribution in [1.29, 1.82) is 0 Å². The molecular weight excluding hydrogens is 192 g/mol. The number of ketones is 1. The number of rotatable bonds is 5. The third-order valence-electron chi connectivity index (χ3n) is 1.96. The van der Waals surface area contributed by atoms with Gasteiger partial charge < -0.3 is 4.74 Å². The van der Waals surface area contributed by atoms with Crippen LogP contribution in [0.1, 0.15) is 30.1 Å². The van der Waals surface area contributed by atoms with E-state index >= 15 is 0 Å². The van der Waals surface area contributed by atoms with Gasteiger partial charge in [0, 0.05) is 12.0 Å². The summed E-state index contributed by atoms with van der Waals surface area (Å²) in [6.07, 6.45) is 0.365. The molecule has 80 valence electrons. The highest BCUT2D eigenvalue weighted by Crippen LogP contribution is 2.05. The van der Waals surface area contributed by atoms with Crippen LogP contribution in [0.4, 0.5) is 0 Å². The molecular formula is C12H14O3. The zero-order valence-corrected chi connectivity index (χ0v) is 8.73. The van der Waals surface area contributed by atoms with E-state index in [1.165, 1.54) is 0 Å². The van der Waals surface area contributed by atoms with Gasteiger partial charge in [-0.15, -0.1) is 0 Å². The van der Waals surface area contributed by atoms with Crippen molar-refractivity contribution >= 4 is 11.8 Å². The lowest BCUT2D eigenvalue weighted by Crippen LogP contribution is -2.07. The summed E-state index contributed by atoms with van der Waals surface area (Å²) in [6.45, 7) is 2.11. The first kappa shape index (κ1) is 11.4. The Kier molecular flexibility index (Phi) is 4.54. The topological polar surface area (TPSA) is 43.4 Å². The van der Waals surface area contributed by atoms with Crippen LogP contribution in [0.25, 0.3) is 0 Å². The van der Waals surface area contributed by atoms with E-state index in [4.69, 9.17) is 4.74 Å².